The van der Waals surface area contributed by atoms with Gasteiger partial charge in [-0.05, 0) is 53.5 Å². The molecule has 0 aromatic heterocycles. The largest absolute Gasteiger partial charge is 0.368 e. The van der Waals surface area contributed by atoms with Crippen LogP contribution >= 0.6 is 0 Å². The van der Waals surface area contributed by atoms with Gasteiger partial charge >= 0.3 is 0 Å². The smallest absolute Gasteiger partial charge is 0.0788 e. The Balaban J connectivity index is 1.97. The second kappa shape index (κ2) is 4.22. The fraction of sp³-hybridized carbons (Fsp3) is 1.00. The first kappa shape index (κ1) is 13.3. The molecular weight excluding hydrogens is 212 g/mol. The normalized spacial score (nSPS) is 35.5. The lowest BCUT2D eigenvalue weighted by Gasteiger charge is -2.31. The minimum Gasteiger partial charge on any atom is -0.368 e. The van der Waals surface area contributed by atoms with E-state index >= 15 is 0 Å². The van der Waals surface area contributed by atoms with E-state index < -0.39 is 0 Å². The summed E-state index contributed by atoms with van der Waals surface area (Å²) in [4.78, 5) is 2.44. The summed E-state index contributed by atoms with van der Waals surface area (Å²) in [6.07, 6.45) is 2.82. The van der Waals surface area contributed by atoms with Gasteiger partial charge in [0.05, 0.1) is 11.2 Å². The molecule has 1 saturated heterocycles. The third-order valence-electron chi connectivity index (χ3n) is 4.43. The first-order chi connectivity index (χ1) is 7.72. The van der Waals surface area contributed by atoms with E-state index in [0.717, 1.165) is 12.5 Å². The second-order valence-corrected chi connectivity index (χ2v) is 7.11. The van der Waals surface area contributed by atoms with Gasteiger partial charge in [-0.2, -0.15) is 0 Å². The third-order valence-corrected chi connectivity index (χ3v) is 4.43. The summed E-state index contributed by atoms with van der Waals surface area (Å²) in [7, 11) is 2.21. The standard InChI is InChI=1S/C14H28N2O/c1-13(2)11(12(15)14(3,4)17-13)9-16(5)8-10-6-7-10/h10-12H,6-9,15H2,1-5H3. The van der Waals surface area contributed by atoms with Crippen molar-refractivity contribution in [3.63, 3.8) is 0 Å². The summed E-state index contributed by atoms with van der Waals surface area (Å²) in [5, 5.41) is 0. The molecule has 2 fully saturated rings. The first-order valence-corrected chi connectivity index (χ1v) is 6.86. The molecule has 1 saturated carbocycles. The van der Waals surface area contributed by atoms with E-state index in [0.29, 0.717) is 5.92 Å². The number of rotatable bonds is 4. The molecule has 2 unspecified atom stereocenters. The van der Waals surface area contributed by atoms with E-state index in [1.165, 1.54) is 19.4 Å². The van der Waals surface area contributed by atoms with E-state index in [-0.39, 0.29) is 17.2 Å². The van der Waals surface area contributed by atoms with Crippen LogP contribution in [-0.2, 0) is 4.74 Å². The van der Waals surface area contributed by atoms with Gasteiger partial charge in [0.25, 0.3) is 0 Å². The molecule has 2 atom stereocenters. The van der Waals surface area contributed by atoms with Crippen LogP contribution in [0.15, 0.2) is 0 Å². The molecule has 3 nitrogen and oxygen atoms in total. The average molecular weight is 240 g/mol. The molecule has 0 radical (unpaired) electrons. The van der Waals surface area contributed by atoms with Gasteiger partial charge in [0.2, 0.25) is 0 Å². The summed E-state index contributed by atoms with van der Waals surface area (Å²) < 4.78 is 6.13. The number of hydrogen-bond donors (Lipinski definition) is 1. The van der Waals surface area contributed by atoms with Gasteiger partial charge in [0.15, 0.2) is 0 Å². The molecule has 0 aromatic rings. The lowest BCUT2D eigenvalue weighted by Crippen LogP contribution is -2.47. The van der Waals surface area contributed by atoms with E-state index in [1.54, 1.807) is 0 Å². The van der Waals surface area contributed by atoms with Crippen molar-refractivity contribution in [3.8, 4) is 0 Å². The Morgan fingerprint density at radius 1 is 1.12 bits per heavy atom. The van der Waals surface area contributed by atoms with Crippen molar-refractivity contribution in [1.29, 1.82) is 0 Å². The highest BCUT2D eigenvalue weighted by Crippen LogP contribution is 2.41. The highest BCUT2D eigenvalue weighted by atomic mass is 16.5. The van der Waals surface area contributed by atoms with Gasteiger partial charge in [0, 0.05) is 25.0 Å². The van der Waals surface area contributed by atoms with Gasteiger partial charge in [-0.15, -0.1) is 0 Å². The van der Waals surface area contributed by atoms with Gasteiger partial charge in [-0.25, -0.2) is 0 Å². The predicted molar refractivity (Wildman–Crippen MR) is 70.9 cm³/mol. The lowest BCUT2D eigenvalue weighted by atomic mass is 9.83. The summed E-state index contributed by atoms with van der Waals surface area (Å²) in [5.41, 5.74) is 6.07. The van der Waals surface area contributed by atoms with Crippen LogP contribution in [-0.4, -0.2) is 42.3 Å². The lowest BCUT2D eigenvalue weighted by molar-refractivity contribution is -0.0781. The van der Waals surface area contributed by atoms with Crippen LogP contribution in [0.5, 0.6) is 0 Å². The van der Waals surface area contributed by atoms with E-state index in [4.69, 9.17) is 10.5 Å². The number of ether oxygens (including phenoxy) is 1. The molecular formula is C14H28N2O. The maximum atomic E-state index is 6.38. The van der Waals surface area contributed by atoms with Crippen molar-refractivity contribution in [2.75, 3.05) is 20.1 Å². The summed E-state index contributed by atoms with van der Waals surface area (Å²) in [5.74, 6) is 1.36. The van der Waals surface area contributed by atoms with Crippen molar-refractivity contribution >= 4 is 0 Å². The Morgan fingerprint density at radius 3 is 2.12 bits per heavy atom. The summed E-state index contributed by atoms with van der Waals surface area (Å²) >= 11 is 0. The molecule has 1 aliphatic carbocycles. The minimum absolute atomic E-state index is 0.110. The van der Waals surface area contributed by atoms with Crippen LogP contribution in [0.25, 0.3) is 0 Å². The minimum atomic E-state index is -0.200. The number of nitrogens with zero attached hydrogens (tertiary/aromatic N) is 1. The predicted octanol–water partition coefficient (Wildman–Crippen LogP) is 1.86. The van der Waals surface area contributed by atoms with Crippen molar-refractivity contribution in [2.45, 2.75) is 57.8 Å². The number of hydrogen-bond acceptors (Lipinski definition) is 3. The van der Waals surface area contributed by atoms with Crippen LogP contribution < -0.4 is 5.73 Å². The topological polar surface area (TPSA) is 38.5 Å². The molecule has 1 aliphatic heterocycles. The van der Waals surface area contributed by atoms with Crippen LogP contribution in [0.3, 0.4) is 0 Å². The Hall–Kier alpha value is -0.120. The van der Waals surface area contributed by atoms with Crippen LogP contribution in [0.1, 0.15) is 40.5 Å². The van der Waals surface area contributed by atoms with E-state index in [9.17, 15) is 0 Å². The fourth-order valence-electron chi connectivity index (χ4n) is 3.22. The second-order valence-electron chi connectivity index (χ2n) is 7.11. The van der Waals surface area contributed by atoms with E-state index in [1.807, 2.05) is 0 Å². The van der Waals surface area contributed by atoms with Crippen molar-refractivity contribution < 1.29 is 4.74 Å². The molecule has 17 heavy (non-hydrogen) atoms. The summed E-state index contributed by atoms with van der Waals surface area (Å²) in [6, 6.07) is 0.124. The SMILES string of the molecule is CN(CC1CC1)CC1C(N)C(C)(C)OC1(C)C. The fourth-order valence-corrected chi connectivity index (χ4v) is 3.22. The highest BCUT2D eigenvalue weighted by Gasteiger charge is 2.52. The summed E-state index contributed by atoms with van der Waals surface area (Å²) in [6.45, 7) is 10.9. The highest BCUT2D eigenvalue weighted by molar-refractivity contribution is 5.04. The van der Waals surface area contributed by atoms with Crippen LogP contribution in [0, 0.1) is 11.8 Å². The molecule has 0 aromatic carbocycles. The van der Waals surface area contributed by atoms with Crippen LogP contribution in [0.2, 0.25) is 0 Å². The molecule has 2 aliphatic rings. The average Bonchev–Trinajstić information content (AvgIpc) is 2.91. The van der Waals surface area contributed by atoms with Gasteiger partial charge in [-0.1, -0.05) is 0 Å². The Kier molecular flexibility index (Phi) is 3.30. The molecule has 1 heterocycles. The molecule has 0 spiro atoms. The van der Waals surface area contributed by atoms with Gasteiger partial charge in [0.1, 0.15) is 0 Å². The third kappa shape index (κ3) is 2.83. The zero-order valence-electron chi connectivity index (χ0n) is 12.0. The number of nitrogens with two attached hydrogens (primary N) is 1. The van der Waals surface area contributed by atoms with Crippen molar-refractivity contribution in [2.24, 2.45) is 17.6 Å². The Labute approximate surface area is 106 Å². The van der Waals surface area contributed by atoms with Gasteiger partial charge in [-0.3, -0.25) is 0 Å². The molecule has 100 valence electrons. The van der Waals surface area contributed by atoms with Crippen LogP contribution in [0.4, 0.5) is 0 Å². The van der Waals surface area contributed by atoms with Crippen molar-refractivity contribution in [1.82, 2.24) is 4.90 Å². The Morgan fingerprint density at radius 2 is 1.71 bits per heavy atom. The monoisotopic (exact) mass is 240 g/mol. The quantitative estimate of drug-likeness (QED) is 0.815. The zero-order chi connectivity index (χ0) is 12.8. The zero-order valence-corrected chi connectivity index (χ0v) is 12.0. The Bertz CT molecular complexity index is 284. The van der Waals surface area contributed by atoms with Crippen molar-refractivity contribution in [3.05, 3.63) is 0 Å². The molecule has 2 rings (SSSR count). The maximum Gasteiger partial charge on any atom is 0.0788 e. The van der Waals surface area contributed by atoms with E-state index in [2.05, 4.69) is 39.6 Å². The maximum absolute atomic E-state index is 6.38. The molecule has 0 amide bonds. The molecule has 0 bridgehead atoms. The molecule has 2 N–H and O–H groups in total. The first-order valence-electron chi connectivity index (χ1n) is 6.86. The molecule has 3 heteroatoms. The van der Waals surface area contributed by atoms with Gasteiger partial charge < -0.3 is 15.4 Å².